The minimum Gasteiger partial charge on any atom is -0.469 e. The predicted molar refractivity (Wildman–Crippen MR) is 92.7 cm³/mol. The van der Waals surface area contributed by atoms with Crippen LogP contribution in [-0.2, 0) is 12.8 Å². The monoisotopic (exact) mass is 371 g/mol. The zero-order valence-corrected chi connectivity index (χ0v) is 14.8. The number of aromatic nitrogens is 5. The first-order chi connectivity index (χ1) is 12.6. The van der Waals surface area contributed by atoms with E-state index in [4.69, 9.17) is 8.94 Å². The normalized spacial score (nSPS) is 11.2. The molecule has 0 radical (unpaired) electrons. The number of hydrogen-bond donors (Lipinski definition) is 0. The van der Waals surface area contributed by atoms with Gasteiger partial charge in [0.2, 0.25) is 0 Å². The third-order valence-corrected chi connectivity index (χ3v) is 4.84. The number of rotatable bonds is 5. The average Bonchev–Trinajstić information content (AvgIpc) is 3.35. The van der Waals surface area contributed by atoms with Crippen molar-refractivity contribution in [3.63, 3.8) is 0 Å². The van der Waals surface area contributed by atoms with E-state index in [0.29, 0.717) is 23.0 Å². The maximum absolute atomic E-state index is 13.0. The molecule has 9 heteroatoms. The van der Waals surface area contributed by atoms with Gasteiger partial charge in [-0.15, -0.1) is 10.2 Å². The van der Waals surface area contributed by atoms with Crippen molar-refractivity contribution in [2.24, 2.45) is 7.05 Å². The summed E-state index contributed by atoms with van der Waals surface area (Å²) >= 11 is 1.45. The van der Waals surface area contributed by atoms with Crippen molar-refractivity contribution in [1.29, 1.82) is 0 Å². The summed E-state index contributed by atoms with van der Waals surface area (Å²) in [6.07, 6.45) is 1.63. The summed E-state index contributed by atoms with van der Waals surface area (Å²) in [5.74, 6) is 2.57. The molecular formula is C17H14FN5O2S. The second-order valence-electron chi connectivity index (χ2n) is 5.57. The Morgan fingerprint density at radius 1 is 1.15 bits per heavy atom. The van der Waals surface area contributed by atoms with Crippen molar-refractivity contribution < 1.29 is 13.3 Å². The van der Waals surface area contributed by atoms with Crippen LogP contribution in [0, 0.1) is 12.7 Å². The van der Waals surface area contributed by atoms with Gasteiger partial charge in [0.1, 0.15) is 11.6 Å². The minimum atomic E-state index is -0.310. The van der Waals surface area contributed by atoms with Crippen LogP contribution in [0.15, 0.2) is 50.7 Å². The van der Waals surface area contributed by atoms with Gasteiger partial charge in [0, 0.05) is 12.6 Å². The molecule has 0 saturated heterocycles. The van der Waals surface area contributed by atoms with Crippen LogP contribution in [-0.4, -0.2) is 24.9 Å². The molecule has 0 spiro atoms. The molecule has 7 nitrogen and oxygen atoms in total. The fraction of sp³-hybridized carbons (Fsp3) is 0.176. The summed E-state index contributed by atoms with van der Waals surface area (Å²) in [5.41, 5.74) is 1.58. The third kappa shape index (κ3) is 3.13. The Morgan fingerprint density at radius 2 is 1.96 bits per heavy atom. The van der Waals surface area contributed by atoms with Gasteiger partial charge in [0.05, 0.1) is 17.6 Å². The van der Waals surface area contributed by atoms with Crippen molar-refractivity contribution in [3.05, 3.63) is 54.0 Å². The molecule has 26 heavy (non-hydrogen) atoms. The van der Waals surface area contributed by atoms with Gasteiger partial charge in [0.15, 0.2) is 16.8 Å². The molecule has 4 aromatic rings. The van der Waals surface area contributed by atoms with E-state index < -0.39 is 0 Å². The molecular weight excluding hydrogens is 357 g/mol. The molecule has 0 unspecified atom stereocenters. The van der Waals surface area contributed by atoms with Gasteiger partial charge in [-0.3, -0.25) is 0 Å². The molecule has 0 N–H and O–H groups in total. The summed E-state index contributed by atoms with van der Waals surface area (Å²) in [7, 11) is 1.89. The first kappa shape index (κ1) is 16.5. The van der Waals surface area contributed by atoms with Gasteiger partial charge in [-0.2, -0.15) is 4.98 Å². The summed E-state index contributed by atoms with van der Waals surface area (Å²) in [4.78, 5) is 4.33. The zero-order valence-electron chi connectivity index (χ0n) is 14.0. The molecule has 3 heterocycles. The smallest absolute Gasteiger partial charge is 0.257 e. The van der Waals surface area contributed by atoms with Crippen LogP contribution in [0.1, 0.15) is 11.6 Å². The Morgan fingerprint density at radius 3 is 2.69 bits per heavy atom. The first-order valence-corrected chi connectivity index (χ1v) is 8.75. The van der Waals surface area contributed by atoms with Crippen molar-refractivity contribution in [3.8, 4) is 22.8 Å². The number of aryl methyl sites for hydroxylation is 1. The molecule has 3 aromatic heterocycles. The summed E-state index contributed by atoms with van der Waals surface area (Å²) < 4.78 is 25.4. The molecule has 0 fully saturated rings. The Labute approximate surface area is 152 Å². The van der Waals surface area contributed by atoms with E-state index in [2.05, 4.69) is 20.3 Å². The van der Waals surface area contributed by atoms with Crippen LogP contribution in [0.25, 0.3) is 22.8 Å². The lowest BCUT2D eigenvalue weighted by atomic mass is 10.2. The highest BCUT2D eigenvalue weighted by molar-refractivity contribution is 7.98. The van der Waals surface area contributed by atoms with E-state index in [-0.39, 0.29) is 5.82 Å². The number of benzene rings is 1. The molecule has 0 aliphatic carbocycles. The fourth-order valence-electron chi connectivity index (χ4n) is 2.44. The highest BCUT2D eigenvalue weighted by atomic mass is 32.2. The lowest BCUT2D eigenvalue weighted by Crippen LogP contribution is -1.95. The van der Waals surface area contributed by atoms with E-state index >= 15 is 0 Å². The highest BCUT2D eigenvalue weighted by Crippen LogP contribution is 2.27. The van der Waals surface area contributed by atoms with E-state index in [0.717, 1.165) is 22.3 Å². The fourth-order valence-corrected chi connectivity index (χ4v) is 3.20. The molecule has 0 amide bonds. The quantitative estimate of drug-likeness (QED) is 0.493. The summed E-state index contributed by atoms with van der Waals surface area (Å²) in [6, 6.07) is 7.77. The number of thioether (sulfide) groups is 1. The van der Waals surface area contributed by atoms with Crippen molar-refractivity contribution in [2.75, 3.05) is 0 Å². The van der Waals surface area contributed by atoms with Gasteiger partial charge in [-0.25, -0.2) is 4.39 Å². The lowest BCUT2D eigenvalue weighted by molar-refractivity contribution is 0.425. The van der Waals surface area contributed by atoms with Gasteiger partial charge in [-0.1, -0.05) is 16.9 Å². The second-order valence-corrected chi connectivity index (χ2v) is 6.51. The van der Waals surface area contributed by atoms with Crippen LogP contribution in [0.5, 0.6) is 0 Å². The largest absolute Gasteiger partial charge is 0.469 e. The van der Waals surface area contributed by atoms with Crippen molar-refractivity contribution >= 4 is 11.8 Å². The number of furan rings is 1. The van der Waals surface area contributed by atoms with E-state index in [1.54, 1.807) is 18.4 Å². The standard InChI is InChI=1S/C17H14FN5O2S/c1-10-13(7-8-24-10)15-20-21-17(23(15)2)26-9-14-19-16(25-22-14)11-3-5-12(18)6-4-11/h3-8H,9H2,1-2H3. The van der Waals surface area contributed by atoms with Gasteiger partial charge < -0.3 is 13.5 Å². The lowest BCUT2D eigenvalue weighted by Gasteiger charge is -2.01. The first-order valence-electron chi connectivity index (χ1n) is 7.77. The Kier molecular flexibility index (Phi) is 4.29. The maximum Gasteiger partial charge on any atom is 0.257 e. The molecule has 132 valence electrons. The van der Waals surface area contributed by atoms with E-state index in [9.17, 15) is 4.39 Å². The topological polar surface area (TPSA) is 82.8 Å². The summed E-state index contributed by atoms with van der Waals surface area (Å²) in [5, 5.41) is 13.1. The second kappa shape index (κ2) is 6.75. The average molecular weight is 371 g/mol. The van der Waals surface area contributed by atoms with Gasteiger partial charge in [-0.05, 0) is 37.3 Å². The number of halogens is 1. The molecule has 1 aromatic carbocycles. The summed E-state index contributed by atoms with van der Waals surface area (Å²) in [6.45, 7) is 1.88. The molecule has 0 atom stereocenters. The molecule has 0 aliphatic heterocycles. The van der Waals surface area contributed by atoms with Crippen LogP contribution in [0.2, 0.25) is 0 Å². The highest BCUT2D eigenvalue weighted by Gasteiger charge is 2.16. The van der Waals surface area contributed by atoms with Crippen molar-refractivity contribution in [1.82, 2.24) is 24.9 Å². The molecule has 4 rings (SSSR count). The Bertz CT molecular complexity index is 1040. The zero-order chi connectivity index (χ0) is 18.1. The SMILES string of the molecule is Cc1occc1-c1nnc(SCc2noc(-c3ccc(F)cc3)n2)n1C. The Balaban J connectivity index is 1.48. The number of nitrogens with zero attached hydrogens (tertiary/aromatic N) is 5. The van der Waals surface area contributed by atoms with Crippen LogP contribution in [0.4, 0.5) is 4.39 Å². The molecule has 0 bridgehead atoms. The van der Waals surface area contributed by atoms with Crippen LogP contribution in [0.3, 0.4) is 0 Å². The minimum absolute atomic E-state index is 0.310. The van der Waals surface area contributed by atoms with Gasteiger partial charge >= 0.3 is 0 Å². The van der Waals surface area contributed by atoms with Crippen molar-refractivity contribution in [2.45, 2.75) is 17.8 Å². The Hall–Kier alpha value is -2.94. The maximum atomic E-state index is 13.0. The van der Waals surface area contributed by atoms with Gasteiger partial charge in [0.25, 0.3) is 5.89 Å². The molecule has 0 saturated carbocycles. The van der Waals surface area contributed by atoms with Crippen LogP contribution < -0.4 is 0 Å². The van der Waals surface area contributed by atoms with E-state index in [1.165, 1.54) is 23.9 Å². The third-order valence-electron chi connectivity index (χ3n) is 3.82. The number of hydrogen-bond acceptors (Lipinski definition) is 7. The van der Waals surface area contributed by atoms with E-state index in [1.807, 2.05) is 24.6 Å². The van der Waals surface area contributed by atoms with Crippen LogP contribution >= 0.6 is 11.8 Å². The predicted octanol–water partition coefficient (Wildman–Crippen LogP) is 3.86. The molecule has 0 aliphatic rings.